The summed E-state index contributed by atoms with van der Waals surface area (Å²) in [5, 5.41) is 20.8. The van der Waals surface area contributed by atoms with Crippen molar-refractivity contribution in [2.75, 3.05) is 0 Å². The van der Waals surface area contributed by atoms with Crippen LogP contribution >= 0.6 is 0 Å². The highest BCUT2D eigenvalue weighted by molar-refractivity contribution is 5.14. The molecular formula is C17H29NO. The number of nitriles is 1. The maximum atomic E-state index is 11.1. The second-order valence-electron chi connectivity index (χ2n) is 7.49. The lowest BCUT2D eigenvalue weighted by Crippen LogP contribution is -2.51. The van der Waals surface area contributed by atoms with Gasteiger partial charge in [-0.3, -0.25) is 0 Å². The molecule has 2 aliphatic carbocycles. The molecule has 108 valence electrons. The molecule has 2 fully saturated rings. The molecule has 0 aromatic heterocycles. The van der Waals surface area contributed by atoms with Crippen LogP contribution < -0.4 is 0 Å². The minimum atomic E-state index is -0.715. The van der Waals surface area contributed by atoms with E-state index in [9.17, 15) is 10.4 Å². The summed E-state index contributed by atoms with van der Waals surface area (Å²) in [7, 11) is 0. The molecule has 0 aromatic rings. The van der Waals surface area contributed by atoms with Crippen LogP contribution in [0.25, 0.3) is 0 Å². The van der Waals surface area contributed by atoms with Crippen LogP contribution in [-0.4, -0.2) is 10.7 Å². The maximum Gasteiger partial charge on any atom is 0.0860 e. The van der Waals surface area contributed by atoms with E-state index in [0.29, 0.717) is 5.92 Å². The zero-order chi connectivity index (χ0) is 14.1. The standard InChI is InChI=1S/C17H29NO/c1-13(2)15-6-10-17(19,11-7-15)16(12-18)8-4-14(3)5-9-16/h13-15,19H,4-11H2,1-3H3. The van der Waals surface area contributed by atoms with Gasteiger partial charge in [0.15, 0.2) is 0 Å². The number of hydrogen-bond acceptors (Lipinski definition) is 2. The summed E-state index contributed by atoms with van der Waals surface area (Å²) in [6.45, 7) is 6.82. The van der Waals surface area contributed by atoms with E-state index >= 15 is 0 Å². The lowest BCUT2D eigenvalue weighted by molar-refractivity contribution is -0.111. The molecule has 0 radical (unpaired) electrons. The van der Waals surface area contributed by atoms with E-state index in [0.717, 1.165) is 63.2 Å². The van der Waals surface area contributed by atoms with Crippen LogP contribution in [0.5, 0.6) is 0 Å². The fourth-order valence-corrected chi connectivity index (χ4v) is 4.20. The molecule has 0 aromatic carbocycles. The predicted molar refractivity (Wildman–Crippen MR) is 77.4 cm³/mol. The third-order valence-corrected chi connectivity index (χ3v) is 6.03. The quantitative estimate of drug-likeness (QED) is 0.808. The van der Waals surface area contributed by atoms with Gasteiger partial charge in [0, 0.05) is 0 Å². The summed E-state index contributed by atoms with van der Waals surface area (Å²) in [5.41, 5.74) is -1.17. The van der Waals surface area contributed by atoms with Crippen molar-refractivity contribution < 1.29 is 5.11 Å². The van der Waals surface area contributed by atoms with Crippen molar-refractivity contribution in [3.05, 3.63) is 0 Å². The van der Waals surface area contributed by atoms with E-state index < -0.39 is 11.0 Å². The molecule has 2 aliphatic rings. The summed E-state index contributed by atoms with van der Waals surface area (Å²) in [6.07, 6.45) is 7.84. The summed E-state index contributed by atoms with van der Waals surface area (Å²) in [5.74, 6) is 2.16. The molecule has 0 unspecified atom stereocenters. The Balaban J connectivity index is 2.09. The molecular weight excluding hydrogens is 234 g/mol. The van der Waals surface area contributed by atoms with E-state index in [-0.39, 0.29) is 0 Å². The van der Waals surface area contributed by atoms with Crippen LogP contribution in [0.4, 0.5) is 0 Å². The minimum Gasteiger partial charge on any atom is -0.388 e. The van der Waals surface area contributed by atoms with Crippen LogP contribution in [0, 0.1) is 34.5 Å². The average Bonchev–Trinajstić information content (AvgIpc) is 2.40. The number of rotatable bonds is 2. The molecule has 0 aliphatic heterocycles. The molecule has 2 nitrogen and oxygen atoms in total. The molecule has 2 heteroatoms. The third-order valence-electron chi connectivity index (χ3n) is 6.03. The first-order valence-corrected chi connectivity index (χ1v) is 8.06. The lowest BCUT2D eigenvalue weighted by atomic mass is 9.57. The van der Waals surface area contributed by atoms with Crippen LogP contribution in [0.1, 0.15) is 72.1 Å². The Morgan fingerprint density at radius 1 is 1.05 bits per heavy atom. The van der Waals surface area contributed by atoms with Crippen molar-refractivity contribution in [2.45, 2.75) is 77.7 Å². The van der Waals surface area contributed by atoms with Crippen LogP contribution in [-0.2, 0) is 0 Å². The number of hydrogen-bond donors (Lipinski definition) is 1. The van der Waals surface area contributed by atoms with E-state index in [1.807, 2.05) is 0 Å². The lowest BCUT2D eigenvalue weighted by Gasteiger charge is -2.49. The Morgan fingerprint density at radius 2 is 1.58 bits per heavy atom. The molecule has 0 heterocycles. The van der Waals surface area contributed by atoms with Gasteiger partial charge in [-0.15, -0.1) is 0 Å². The fourth-order valence-electron chi connectivity index (χ4n) is 4.20. The van der Waals surface area contributed by atoms with Crippen LogP contribution in [0.15, 0.2) is 0 Å². The molecule has 1 N–H and O–H groups in total. The van der Waals surface area contributed by atoms with Gasteiger partial charge < -0.3 is 5.11 Å². The van der Waals surface area contributed by atoms with Crippen molar-refractivity contribution in [1.29, 1.82) is 5.26 Å². The largest absolute Gasteiger partial charge is 0.388 e. The van der Waals surface area contributed by atoms with Crippen molar-refractivity contribution >= 4 is 0 Å². The van der Waals surface area contributed by atoms with Crippen molar-refractivity contribution in [2.24, 2.45) is 23.2 Å². The zero-order valence-corrected chi connectivity index (χ0v) is 12.8. The van der Waals surface area contributed by atoms with Crippen molar-refractivity contribution in [3.8, 4) is 6.07 Å². The Hall–Kier alpha value is -0.550. The van der Waals surface area contributed by atoms with Gasteiger partial charge >= 0.3 is 0 Å². The van der Waals surface area contributed by atoms with E-state index in [1.54, 1.807) is 0 Å². The zero-order valence-electron chi connectivity index (χ0n) is 12.8. The Bertz CT molecular complexity index is 339. The van der Waals surface area contributed by atoms with E-state index in [1.165, 1.54) is 0 Å². The van der Waals surface area contributed by atoms with Gasteiger partial charge in [-0.05, 0) is 69.1 Å². The van der Waals surface area contributed by atoms with E-state index in [4.69, 9.17) is 0 Å². The normalized spacial score (nSPS) is 44.0. The Kier molecular flexibility index (Phi) is 4.26. The Labute approximate surface area is 118 Å². The van der Waals surface area contributed by atoms with Gasteiger partial charge in [-0.2, -0.15) is 5.26 Å². The van der Waals surface area contributed by atoms with E-state index in [2.05, 4.69) is 26.8 Å². The molecule has 2 rings (SSSR count). The topological polar surface area (TPSA) is 44.0 Å². The van der Waals surface area contributed by atoms with Gasteiger partial charge in [0.25, 0.3) is 0 Å². The van der Waals surface area contributed by atoms with Gasteiger partial charge in [0.05, 0.1) is 17.1 Å². The van der Waals surface area contributed by atoms with Crippen molar-refractivity contribution in [1.82, 2.24) is 0 Å². The predicted octanol–water partition coefficient (Wildman–Crippen LogP) is 4.28. The summed E-state index contributed by atoms with van der Waals surface area (Å²) in [4.78, 5) is 0. The molecule has 0 atom stereocenters. The van der Waals surface area contributed by atoms with Gasteiger partial charge in [0.1, 0.15) is 0 Å². The SMILES string of the molecule is CC1CCC(C#N)(C2(O)CCC(C(C)C)CC2)CC1. The molecule has 0 spiro atoms. The van der Waals surface area contributed by atoms with Crippen molar-refractivity contribution in [3.63, 3.8) is 0 Å². The monoisotopic (exact) mass is 263 g/mol. The summed E-state index contributed by atoms with van der Waals surface area (Å²) >= 11 is 0. The third kappa shape index (κ3) is 2.68. The Morgan fingerprint density at radius 3 is 2.00 bits per heavy atom. The number of aliphatic hydroxyl groups is 1. The molecule has 0 bridgehead atoms. The van der Waals surface area contributed by atoms with Gasteiger partial charge in [0.2, 0.25) is 0 Å². The fraction of sp³-hybridized carbons (Fsp3) is 0.941. The number of nitrogens with zero attached hydrogens (tertiary/aromatic N) is 1. The average molecular weight is 263 g/mol. The molecule has 19 heavy (non-hydrogen) atoms. The first kappa shape index (κ1) is 14.9. The highest BCUT2D eigenvalue weighted by Gasteiger charge is 2.53. The highest BCUT2D eigenvalue weighted by Crippen LogP contribution is 2.52. The molecule has 2 saturated carbocycles. The highest BCUT2D eigenvalue weighted by atomic mass is 16.3. The van der Waals surface area contributed by atoms with Gasteiger partial charge in [-0.1, -0.05) is 20.8 Å². The first-order chi connectivity index (χ1) is 8.92. The first-order valence-electron chi connectivity index (χ1n) is 8.06. The minimum absolute atomic E-state index is 0.457. The summed E-state index contributed by atoms with van der Waals surface area (Å²) < 4.78 is 0. The maximum absolute atomic E-state index is 11.1. The van der Waals surface area contributed by atoms with Gasteiger partial charge in [-0.25, -0.2) is 0 Å². The van der Waals surface area contributed by atoms with Crippen LogP contribution in [0.3, 0.4) is 0 Å². The smallest absolute Gasteiger partial charge is 0.0860 e. The van der Waals surface area contributed by atoms with Crippen LogP contribution in [0.2, 0.25) is 0 Å². The molecule has 0 amide bonds. The molecule has 0 saturated heterocycles. The summed E-state index contributed by atoms with van der Waals surface area (Å²) in [6, 6.07) is 2.54. The second-order valence-corrected chi connectivity index (χ2v) is 7.49. The second kappa shape index (κ2) is 5.44.